The van der Waals surface area contributed by atoms with Crippen molar-refractivity contribution in [2.45, 2.75) is 38.7 Å². The zero-order chi connectivity index (χ0) is 11.5. The van der Waals surface area contributed by atoms with Gasteiger partial charge in [-0.15, -0.1) is 0 Å². The van der Waals surface area contributed by atoms with E-state index in [4.69, 9.17) is 9.47 Å². The van der Waals surface area contributed by atoms with Crippen molar-refractivity contribution in [2.24, 2.45) is 5.41 Å². The molecule has 1 unspecified atom stereocenters. The highest BCUT2D eigenvalue weighted by Crippen LogP contribution is 2.42. The Balaban J connectivity index is 2.92. The predicted molar refractivity (Wildman–Crippen MR) is 55.4 cm³/mol. The molecule has 0 aliphatic carbocycles. The van der Waals surface area contributed by atoms with Gasteiger partial charge in [0.2, 0.25) is 0 Å². The summed E-state index contributed by atoms with van der Waals surface area (Å²) in [6, 6.07) is 0. The van der Waals surface area contributed by atoms with Gasteiger partial charge in [0.25, 0.3) is 0 Å². The maximum absolute atomic E-state index is 11.7. The van der Waals surface area contributed by atoms with Crippen LogP contribution >= 0.6 is 0 Å². The largest absolute Gasteiger partial charge is 0.469 e. The summed E-state index contributed by atoms with van der Waals surface area (Å²) < 4.78 is 9.99. The molecular weight excluding hydrogens is 196 g/mol. The van der Waals surface area contributed by atoms with Crippen LogP contribution in [0.2, 0.25) is 0 Å². The van der Waals surface area contributed by atoms with Gasteiger partial charge >= 0.3 is 5.97 Å². The fourth-order valence-electron chi connectivity index (χ4n) is 2.15. The molecule has 0 aromatic rings. The second-order valence-electron chi connectivity index (χ2n) is 4.32. The number of methoxy groups -OCH3 is 1. The van der Waals surface area contributed by atoms with Crippen LogP contribution in [0.1, 0.15) is 33.1 Å². The van der Waals surface area contributed by atoms with Gasteiger partial charge < -0.3 is 14.6 Å². The van der Waals surface area contributed by atoms with E-state index < -0.39 is 11.0 Å². The molecular formula is C11H20O4. The number of hydrogen-bond donors (Lipinski definition) is 1. The monoisotopic (exact) mass is 216 g/mol. The van der Waals surface area contributed by atoms with Crippen LogP contribution < -0.4 is 0 Å². The van der Waals surface area contributed by atoms with Gasteiger partial charge in [-0.1, -0.05) is 6.92 Å². The van der Waals surface area contributed by atoms with Gasteiger partial charge in [0, 0.05) is 26.1 Å². The Labute approximate surface area is 90.6 Å². The van der Waals surface area contributed by atoms with Gasteiger partial charge in [-0.05, 0) is 13.3 Å². The van der Waals surface area contributed by atoms with Crippen LogP contribution in [0.3, 0.4) is 0 Å². The number of esters is 1. The molecule has 0 spiro atoms. The Hall–Kier alpha value is -0.610. The zero-order valence-corrected chi connectivity index (χ0v) is 9.71. The van der Waals surface area contributed by atoms with E-state index >= 15 is 0 Å². The molecule has 1 aliphatic rings. The molecule has 4 heteroatoms. The molecule has 1 N–H and O–H groups in total. The van der Waals surface area contributed by atoms with E-state index in [0.717, 1.165) is 0 Å². The quantitative estimate of drug-likeness (QED) is 0.718. The summed E-state index contributed by atoms with van der Waals surface area (Å²) in [4.78, 5) is 11.7. The maximum atomic E-state index is 11.7. The first-order valence-corrected chi connectivity index (χ1v) is 5.39. The fraction of sp³-hybridized carbons (Fsp3) is 0.909. The SMILES string of the molecule is CCC(C)(C(=O)OC)C1(O)CCOCC1. The third-order valence-corrected chi connectivity index (χ3v) is 3.69. The molecule has 1 atom stereocenters. The van der Waals surface area contributed by atoms with Crippen molar-refractivity contribution in [3.63, 3.8) is 0 Å². The van der Waals surface area contributed by atoms with Crippen LogP contribution in [0.25, 0.3) is 0 Å². The fourth-order valence-corrected chi connectivity index (χ4v) is 2.15. The number of ether oxygens (including phenoxy) is 2. The summed E-state index contributed by atoms with van der Waals surface area (Å²) in [5, 5.41) is 10.5. The van der Waals surface area contributed by atoms with Crippen molar-refractivity contribution in [2.75, 3.05) is 20.3 Å². The molecule has 0 aromatic heterocycles. The lowest BCUT2D eigenvalue weighted by Gasteiger charge is -2.44. The summed E-state index contributed by atoms with van der Waals surface area (Å²) in [7, 11) is 1.36. The lowest BCUT2D eigenvalue weighted by molar-refractivity contribution is -0.184. The molecule has 0 saturated carbocycles. The molecule has 1 saturated heterocycles. The Morgan fingerprint density at radius 2 is 2.07 bits per heavy atom. The second-order valence-corrected chi connectivity index (χ2v) is 4.32. The average molecular weight is 216 g/mol. The molecule has 1 aliphatic heterocycles. The average Bonchev–Trinajstić information content (AvgIpc) is 2.27. The first-order valence-electron chi connectivity index (χ1n) is 5.39. The van der Waals surface area contributed by atoms with E-state index in [2.05, 4.69) is 0 Å². The molecule has 0 aromatic carbocycles. The Bertz CT molecular complexity index is 233. The predicted octanol–water partition coefficient (Wildman–Crippen LogP) is 1.12. The van der Waals surface area contributed by atoms with Crippen molar-refractivity contribution in [1.82, 2.24) is 0 Å². The van der Waals surface area contributed by atoms with E-state index in [1.165, 1.54) is 7.11 Å². The zero-order valence-electron chi connectivity index (χ0n) is 9.71. The van der Waals surface area contributed by atoms with E-state index in [0.29, 0.717) is 32.5 Å². The van der Waals surface area contributed by atoms with Crippen molar-refractivity contribution in [1.29, 1.82) is 0 Å². The van der Waals surface area contributed by atoms with Crippen molar-refractivity contribution in [3.8, 4) is 0 Å². The topological polar surface area (TPSA) is 55.8 Å². The lowest BCUT2D eigenvalue weighted by Crippen LogP contribution is -2.54. The number of carbonyl (C=O) groups excluding carboxylic acids is 1. The summed E-state index contributed by atoms with van der Waals surface area (Å²) >= 11 is 0. The highest BCUT2D eigenvalue weighted by Gasteiger charge is 2.52. The minimum absolute atomic E-state index is 0.339. The van der Waals surface area contributed by atoms with Crippen LogP contribution in [-0.4, -0.2) is 37.0 Å². The summed E-state index contributed by atoms with van der Waals surface area (Å²) in [6.45, 7) is 4.67. The minimum atomic E-state index is -0.993. The lowest BCUT2D eigenvalue weighted by atomic mass is 9.67. The van der Waals surface area contributed by atoms with Gasteiger partial charge in [0.05, 0.1) is 18.1 Å². The smallest absolute Gasteiger partial charge is 0.314 e. The van der Waals surface area contributed by atoms with Crippen LogP contribution in [0.5, 0.6) is 0 Å². The maximum Gasteiger partial charge on any atom is 0.314 e. The molecule has 0 amide bonds. The van der Waals surface area contributed by atoms with E-state index in [9.17, 15) is 9.90 Å². The standard InChI is InChI=1S/C11H20O4/c1-4-10(2,9(12)14-3)11(13)5-7-15-8-6-11/h13H,4-8H2,1-3H3. The molecule has 4 nitrogen and oxygen atoms in total. The molecule has 0 bridgehead atoms. The first-order chi connectivity index (χ1) is 7.00. The summed E-state index contributed by atoms with van der Waals surface area (Å²) in [5.74, 6) is -0.339. The van der Waals surface area contributed by atoms with Gasteiger partial charge in [0.1, 0.15) is 0 Å². The van der Waals surface area contributed by atoms with Gasteiger partial charge in [-0.25, -0.2) is 0 Å². The molecule has 1 fully saturated rings. The number of hydrogen-bond acceptors (Lipinski definition) is 4. The molecule has 1 heterocycles. The summed E-state index contributed by atoms with van der Waals surface area (Å²) in [6.07, 6.45) is 1.55. The Morgan fingerprint density at radius 1 is 1.53 bits per heavy atom. The van der Waals surface area contributed by atoms with Crippen LogP contribution in [0.15, 0.2) is 0 Å². The Morgan fingerprint density at radius 3 is 2.47 bits per heavy atom. The van der Waals surface area contributed by atoms with Crippen LogP contribution in [-0.2, 0) is 14.3 Å². The highest BCUT2D eigenvalue weighted by atomic mass is 16.5. The van der Waals surface area contributed by atoms with E-state index in [1.807, 2.05) is 6.92 Å². The van der Waals surface area contributed by atoms with Crippen LogP contribution in [0.4, 0.5) is 0 Å². The van der Waals surface area contributed by atoms with E-state index in [-0.39, 0.29) is 5.97 Å². The normalized spacial score (nSPS) is 24.3. The molecule has 1 rings (SSSR count). The van der Waals surface area contributed by atoms with Gasteiger partial charge in [0.15, 0.2) is 0 Å². The van der Waals surface area contributed by atoms with Crippen LogP contribution in [0, 0.1) is 5.41 Å². The molecule has 15 heavy (non-hydrogen) atoms. The van der Waals surface area contributed by atoms with E-state index in [1.54, 1.807) is 6.92 Å². The Kier molecular flexibility index (Phi) is 3.73. The number of rotatable bonds is 3. The van der Waals surface area contributed by atoms with Gasteiger partial charge in [-0.2, -0.15) is 0 Å². The van der Waals surface area contributed by atoms with Crippen molar-refractivity contribution >= 4 is 5.97 Å². The van der Waals surface area contributed by atoms with Crippen molar-refractivity contribution < 1.29 is 19.4 Å². The second kappa shape index (κ2) is 4.49. The molecule has 88 valence electrons. The number of carbonyl (C=O) groups is 1. The third-order valence-electron chi connectivity index (χ3n) is 3.69. The van der Waals surface area contributed by atoms with Gasteiger partial charge in [-0.3, -0.25) is 4.79 Å². The molecule has 0 radical (unpaired) electrons. The highest BCUT2D eigenvalue weighted by molar-refractivity contribution is 5.77. The first kappa shape index (κ1) is 12.5. The number of aliphatic hydroxyl groups is 1. The summed E-state index contributed by atoms with van der Waals surface area (Å²) in [5.41, 5.74) is -1.82. The third kappa shape index (κ3) is 2.01. The minimum Gasteiger partial charge on any atom is -0.469 e. The van der Waals surface area contributed by atoms with Crippen molar-refractivity contribution in [3.05, 3.63) is 0 Å².